The van der Waals surface area contributed by atoms with Gasteiger partial charge in [0.1, 0.15) is 5.01 Å². The molecule has 0 saturated carbocycles. The van der Waals surface area contributed by atoms with Crippen molar-refractivity contribution >= 4 is 21.6 Å². The van der Waals surface area contributed by atoms with E-state index in [1.54, 1.807) is 36.4 Å². The van der Waals surface area contributed by atoms with Crippen molar-refractivity contribution in [2.45, 2.75) is 31.5 Å². The van der Waals surface area contributed by atoms with Gasteiger partial charge in [-0.2, -0.15) is 18.2 Å². The Bertz CT molecular complexity index is 1100. The number of aliphatic hydroxyl groups is 1. The molecule has 0 saturated heterocycles. The number of aryl methyl sites for hydroxylation is 1. The minimum atomic E-state index is -4.97. The fraction of sp³-hybridized carbons (Fsp3) is 0.250. The SMILES string of the molecule is CCc1ccc(-c2noc(C[C@](O)(c3nc4ccccc4s3)C(F)(F)F)n2)cc1. The highest BCUT2D eigenvalue weighted by molar-refractivity contribution is 7.18. The average Bonchev–Trinajstić information content (AvgIpc) is 3.34. The smallest absolute Gasteiger partial charge is 0.374 e. The summed E-state index contributed by atoms with van der Waals surface area (Å²) in [4.78, 5) is 8.04. The van der Waals surface area contributed by atoms with Gasteiger partial charge < -0.3 is 9.63 Å². The first-order valence-corrected chi connectivity index (χ1v) is 9.69. The molecule has 5 nitrogen and oxygen atoms in total. The largest absolute Gasteiger partial charge is 0.424 e. The summed E-state index contributed by atoms with van der Waals surface area (Å²) in [5, 5.41) is 13.9. The summed E-state index contributed by atoms with van der Waals surface area (Å²) in [6, 6.07) is 13.9. The van der Waals surface area contributed by atoms with Crippen LogP contribution in [0.25, 0.3) is 21.6 Å². The third kappa shape index (κ3) is 3.63. The summed E-state index contributed by atoms with van der Waals surface area (Å²) < 4.78 is 47.1. The number of alkyl halides is 3. The van der Waals surface area contributed by atoms with Gasteiger partial charge in [-0.3, -0.25) is 0 Å². The Morgan fingerprint density at radius 2 is 1.76 bits per heavy atom. The Morgan fingerprint density at radius 1 is 1.03 bits per heavy atom. The van der Waals surface area contributed by atoms with Crippen molar-refractivity contribution in [1.29, 1.82) is 0 Å². The molecule has 0 amide bonds. The average molecular weight is 419 g/mol. The summed E-state index contributed by atoms with van der Waals surface area (Å²) in [6.45, 7) is 2.02. The normalized spacial score (nSPS) is 14.2. The van der Waals surface area contributed by atoms with Gasteiger partial charge >= 0.3 is 6.18 Å². The number of para-hydroxylation sites is 1. The van der Waals surface area contributed by atoms with Gasteiger partial charge in [0.15, 0.2) is 0 Å². The summed E-state index contributed by atoms with van der Waals surface area (Å²) in [5.41, 5.74) is -1.11. The number of hydrogen-bond acceptors (Lipinski definition) is 6. The van der Waals surface area contributed by atoms with E-state index in [2.05, 4.69) is 15.1 Å². The topological polar surface area (TPSA) is 72.0 Å². The van der Waals surface area contributed by atoms with E-state index in [0.29, 0.717) is 15.8 Å². The molecule has 9 heteroatoms. The number of aromatic nitrogens is 3. The van der Waals surface area contributed by atoms with Crippen molar-refractivity contribution in [3.8, 4) is 11.4 Å². The number of thiazole rings is 1. The number of rotatable bonds is 5. The maximum absolute atomic E-state index is 13.8. The van der Waals surface area contributed by atoms with Crippen LogP contribution in [0.15, 0.2) is 53.1 Å². The zero-order chi connectivity index (χ0) is 20.6. The van der Waals surface area contributed by atoms with Gasteiger partial charge in [-0.1, -0.05) is 48.5 Å². The number of benzene rings is 2. The zero-order valence-electron chi connectivity index (χ0n) is 15.3. The quantitative estimate of drug-likeness (QED) is 0.498. The Hall–Kier alpha value is -2.78. The maximum Gasteiger partial charge on any atom is 0.424 e. The third-order valence-electron chi connectivity index (χ3n) is 4.61. The molecule has 150 valence electrons. The van der Waals surface area contributed by atoms with Gasteiger partial charge in [0, 0.05) is 5.56 Å². The Morgan fingerprint density at radius 3 is 2.41 bits per heavy atom. The van der Waals surface area contributed by atoms with E-state index >= 15 is 0 Å². The van der Waals surface area contributed by atoms with Crippen LogP contribution in [0, 0.1) is 0 Å². The lowest BCUT2D eigenvalue weighted by Gasteiger charge is -2.26. The monoisotopic (exact) mass is 419 g/mol. The van der Waals surface area contributed by atoms with E-state index in [9.17, 15) is 18.3 Å². The molecule has 0 bridgehead atoms. The van der Waals surface area contributed by atoms with E-state index in [1.165, 1.54) is 0 Å². The minimum absolute atomic E-state index is 0.163. The second-order valence-electron chi connectivity index (χ2n) is 6.58. The molecule has 0 aliphatic heterocycles. The Labute approximate surface area is 167 Å². The van der Waals surface area contributed by atoms with Crippen LogP contribution in [0.2, 0.25) is 0 Å². The highest BCUT2D eigenvalue weighted by Gasteiger charge is 2.58. The number of fused-ring (bicyclic) bond motifs is 1. The molecule has 4 rings (SSSR count). The molecule has 0 fully saturated rings. The Balaban J connectivity index is 1.68. The number of nitrogens with zero attached hydrogens (tertiary/aromatic N) is 3. The van der Waals surface area contributed by atoms with Crippen molar-refractivity contribution in [2.24, 2.45) is 0 Å². The summed E-state index contributed by atoms with van der Waals surface area (Å²) >= 11 is 0.787. The second kappa shape index (κ2) is 7.23. The molecule has 0 aliphatic carbocycles. The highest BCUT2D eigenvalue weighted by atomic mass is 32.1. The van der Waals surface area contributed by atoms with Crippen LogP contribution in [-0.4, -0.2) is 26.4 Å². The van der Waals surface area contributed by atoms with E-state index in [-0.39, 0.29) is 11.7 Å². The van der Waals surface area contributed by atoms with Crippen molar-refractivity contribution < 1.29 is 22.8 Å². The molecule has 0 spiro atoms. The molecule has 2 aromatic heterocycles. The first-order valence-electron chi connectivity index (χ1n) is 8.87. The van der Waals surface area contributed by atoms with Gasteiger partial charge in [-0.15, -0.1) is 11.3 Å². The molecule has 1 atom stereocenters. The first kappa shape index (κ1) is 19.5. The predicted molar refractivity (Wildman–Crippen MR) is 102 cm³/mol. The summed E-state index contributed by atoms with van der Waals surface area (Å²) in [7, 11) is 0. The van der Waals surface area contributed by atoms with Crippen molar-refractivity contribution in [3.63, 3.8) is 0 Å². The molecule has 2 heterocycles. The van der Waals surface area contributed by atoms with Crippen LogP contribution in [0.5, 0.6) is 0 Å². The van der Waals surface area contributed by atoms with Crippen molar-refractivity contribution in [1.82, 2.24) is 15.1 Å². The molecular formula is C20H16F3N3O2S. The van der Waals surface area contributed by atoms with Crippen LogP contribution in [0.1, 0.15) is 23.4 Å². The van der Waals surface area contributed by atoms with Crippen LogP contribution >= 0.6 is 11.3 Å². The molecule has 0 aliphatic rings. The van der Waals surface area contributed by atoms with Gasteiger partial charge in [0.25, 0.3) is 0 Å². The van der Waals surface area contributed by atoms with Crippen LogP contribution in [0.3, 0.4) is 0 Å². The summed E-state index contributed by atoms with van der Waals surface area (Å²) in [6.07, 6.45) is -5.03. The third-order valence-corrected chi connectivity index (χ3v) is 5.80. The van der Waals surface area contributed by atoms with Crippen molar-refractivity contribution in [3.05, 3.63) is 65.0 Å². The predicted octanol–water partition coefficient (Wildman–Crippen LogP) is 4.90. The fourth-order valence-corrected chi connectivity index (χ4v) is 3.97. The lowest BCUT2D eigenvalue weighted by molar-refractivity contribution is -0.267. The van der Waals surface area contributed by atoms with Crippen molar-refractivity contribution in [2.75, 3.05) is 0 Å². The van der Waals surface area contributed by atoms with Crippen LogP contribution < -0.4 is 0 Å². The van der Waals surface area contributed by atoms with Crippen LogP contribution in [-0.2, 0) is 18.4 Å². The molecule has 2 aromatic carbocycles. The standard InChI is InChI=1S/C20H16F3N3O2S/c1-2-12-7-9-13(10-8-12)17-25-16(28-26-17)11-19(27,20(21,22)23)18-24-14-5-3-4-6-15(14)29-18/h3-10,27H,2,11H2,1H3/t19-/m0/s1. The molecule has 0 unspecified atom stereocenters. The highest BCUT2D eigenvalue weighted by Crippen LogP contribution is 2.44. The Kier molecular flexibility index (Phi) is 4.87. The zero-order valence-corrected chi connectivity index (χ0v) is 16.1. The van der Waals surface area contributed by atoms with E-state index in [1.807, 2.05) is 19.1 Å². The number of hydrogen-bond donors (Lipinski definition) is 1. The summed E-state index contributed by atoms with van der Waals surface area (Å²) in [5.74, 6) is -0.157. The molecule has 0 radical (unpaired) electrons. The van der Waals surface area contributed by atoms with Gasteiger partial charge in [-0.25, -0.2) is 4.98 Å². The molecule has 4 aromatic rings. The van der Waals surface area contributed by atoms with Gasteiger partial charge in [0.2, 0.25) is 17.3 Å². The van der Waals surface area contributed by atoms with E-state index in [0.717, 1.165) is 23.3 Å². The lowest BCUT2D eigenvalue weighted by atomic mass is 10.00. The van der Waals surface area contributed by atoms with E-state index < -0.39 is 23.2 Å². The second-order valence-corrected chi connectivity index (χ2v) is 7.61. The van der Waals surface area contributed by atoms with Gasteiger partial charge in [0.05, 0.1) is 16.6 Å². The number of halogens is 3. The maximum atomic E-state index is 13.8. The molecule has 29 heavy (non-hydrogen) atoms. The van der Waals surface area contributed by atoms with E-state index in [4.69, 9.17) is 4.52 Å². The minimum Gasteiger partial charge on any atom is -0.374 e. The first-order chi connectivity index (χ1) is 13.8. The molecule has 1 N–H and O–H groups in total. The van der Waals surface area contributed by atoms with Gasteiger partial charge in [-0.05, 0) is 24.1 Å². The molecular weight excluding hydrogens is 403 g/mol. The van der Waals surface area contributed by atoms with Crippen LogP contribution in [0.4, 0.5) is 13.2 Å². The lowest BCUT2D eigenvalue weighted by Crippen LogP contribution is -2.44. The fourth-order valence-electron chi connectivity index (χ4n) is 2.90.